The van der Waals surface area contributed by atoms with Crippen molar-refractivity contribution in [2.45, 2.75) is 24.3 Å². The van der Waals surface area contributed by atoms with Crippen molar-refractivity contribution in [3.8, 4) is 0 Å². The van der Waals surface area contributed by atoms with Crippen LogP contribution in [-0.2, 0) is 16.4 Å². The Morgan fingerprint density at radius 1 is 1.00 bits per heavy atom. The van der Waals surface area contributed by atoms with Crippen LogP contribution in [0.2, 0.25) is 5.02 Å². The number of nitrogens with zero attached hydrogens (tertiary/aromatic N) is 1. The summed E-state index contributed by atoms with van der Waals surface area (Å²) in [4.78, 5) is 13.4. The number of rotatable bonds is 4. The topological polar surface area (TPSA) is 54.5 Å². The lowest BCUT2D eigenvalue weighted by atomic mass is 10.0. The van der Waals surface area contributed by atoms with Gasteiger partial charge in [-0.25, -0.2) is 8.42 Å². The average Bonchev–Trinajstić information content (AvgIpc) is 3.08. The molecule has 142 valence electrons. The van der Waals surface area contributed by atoms with Gasteiger partial charge in [0.2, 0.25) is 0 Å². The Labute approximate surface area is 169 Å². The van der Waals surface area contributed by atoms with Crippen LogP contribution in [0.25, 0.3) is 0 Å². The molecule has 0 aliphatic carbocycles. The molecule has 4 rings (SSSR count). The van der Waals surface area contributed by atoms with Crippen molar-refractivity contribution in [2.75, 3.05) is 4.31 Å². The molecule has 0 aromatic heterocycles. The zero-order valence-electron chi connectivity index (χ0n) is 15.2. The second kappa shape index (κ2) is 7.08. The van der Waals surface area contributed by atoms with Gasteiger partial charge in [0, 0.05) is 17.0 Å². The van der Waals surface area contributed by atoms with Crippen molar-refractivity contribution in [1.29, 1.82) is 0 Å². The molecule has 0 bridgehead atoms. The largest absolute Gasteiger partial charge is 0.292 e. The number of carbonyl (C=O) groups excluding carboxylic acids is 1. The molecule has 0 saturated carbocycles. The zero-order chi connectivity index (χ0) is 19.9. The summed E-state index contributed by atoms with van der Waals surface area (Å²) in [5.41, 5.74) is 2.74. The summed E-state index contributed by atoms with van der Waals surface area (Å²) in [6, 6.07) is 19.7. The van der Waals surface area contributed by atoms with Gasteiger partial charge in [-0.15, -0.1) is 0 Å². The number of para-hydroxylation sites is 1. The van der Waals surface area contributed by atoms with Gasteiger partial charge in [-0.1, -0.05) is 59.6 Å². The molecule has 1 aliphatic rings. The van der Waals surface area contributed by atoms with Gasteiger partial charge < -0.3 is 0 Å². The highest BCUT2D eigenvalue weighted by atomic mass is 35.5. The molecule has 0 fully saturated rings. The van der Waals surface area contributed by atoms with Crippen LogP contribution < -0.4 is 4.31 Å². The Hall–Kier alpha value is -2.63. The number of ketones is 1. The minimum Gasteiger partial charge on any atom is -0.292 e. The fourth-order valence-corrected chi connectivity index (χ4v) is 5.35. The fourth-order valence-electron chi connectivity index (χ4n) is 3.51. The molecular weight excluding hydrogens is 394 g/mol. The summed E-state index contributed by atoms with van der Waals surface area (Å²) in [6.07, 6.45) is 0.326. The second-order valence-corrected chi connectivity index (χ2v) is 9.09. The van der Waals surface area contributed by atoms with E-state index in [9.17, 15) is 13.2 Å². The smallest absolute Gasteiger partial charge is 0.265 e. The number of carbonyl (C=O) groups is 1. The van der Waals surface area contributed by atoms with E-state index in [1.165, 1.54) is 4.31 Å². The Bertz CT molecular complexity index is 1160. The van der Waals surface area contributed by atoms with Crippen molar-refractivity contribution in [3.63, 3.8) is 0 Å². The van der Waals surface area contributed by atoms with E-state index in [0.29, 0.717) is 22.7 Å². The van der Waals surface area contributed by atoms with E-state index >= 15 is 0 Å². The molecular formula is C22H18ClNO3S. The Morgan fingerprint density at radius 3 is 2.43 bits per heavy atom. The maximum absolute atomic E-state index is 13.5. The van der Waals surface area contributed by atoms with Gasteiger partial charge in [-0.05, 0) is 42.8 Å². The SMILES string of the molecule is Cc1ccc(S(=O)(=O)N2c3ccccc3C[C@@H]2C(=O)c2cccc(Cl)c2)cc1. The summed E-state index contributed by atoms with van der Waals surface area (Å²) in [6.45, 7) is 1.90. The highest BCUT2D eigenvalue weighted by Gasteiger charge is 2.42. The predicted molar refractivity (Wildman–Crippen MR) is 111 cm³/mol. The lowest BCUT2D eigenvalue weighted by Crippen LogP contribution is -2.42. The molecule has 0 N–H and O–H groups in total. The number of halogens is 1. The summed E-state index contributed by atoms with van der Waals surface area (Å²) in [5, 5.41) is 0.439. The average molecular weight is 412 g/mol. The van der Waals surface area contributed by atoms with Crippen molar-refractivity contribution in [2.24, 2.45) is 0 Å². The lowest BCUT2D eigenvalue weighted by molar-refractivity contribution is 0.0966. The molecule has 28 heavy (non-hydrogen) atoms. The molecule has 1 heterocycles. The molecule has 0 radical (unpaired) electrons. The first-order chi connectivity index (χ1) is 13.4. The lowest BCUT2D eigenvalue weighted by Gasteiger charge is -2.26. The van der Waals surface area contributed by atoms with Crippen LogP contribution in [0.5, 0.6) is 0 Å². The fraction of sp³-hybridized carbons (Fsp3) is 0.136. The normalized spacial score (nSPS) is 16.1. The minimum absolute atomic E-state index is 0.165. The van der Waals surface area contributed by atoms with Gasteiger partial charge >= 0.3 is 0 Å². The predicted octanol–water partition coefficient (Wildman–Crippen LogP) is 4.65. The van der Waals surface area contributed by atoms with Crippen LogP contribution in [0.1, 0.15) is 21.5 Å². The van der Waals surface area contributed by atoms with E-state index in [2.05, 4.69) is 0 Å². The first-order valence-corrected chi connectivity index (χ1v) is 10.7. The van der Waals surface area contributed by atoms with E-state index in [1.807, 2.05) is 19.1 Å². The third-order valence-corrected chi connectivity index (χ3v) is 6.99. The quantitative estimate of drug-likeness (QED) is 0.587. The molecule has 4 nitrogen and oxygen atoms in total. The van der Waals surface area contributed by atoms with Crippen molar-refractivity contribution < 1.29 is 13.2 Å². The molecule has 1 atom stereocenters. The van der Waals surface area contributed by atoms with E-state index in [4.69, 9.17) is 11.6 Å². The first-order valence-electron chi connectivity index (χ1n) is 8.87. The van der Waals surface area contributed by atoms with Gasteiger partial charge in [0.25, 0.3) is 10.0 Å². The standard InChI is InChI=1S/C22H18ClNO3S/c1-15-9-11-19(12-10-15)28(26,27)24-20-8-3-2-5-16(20)14-21(24)22(25)17-6-4-7-18(23)13-17/h2-13,21H,14H2,1H3/t21-/m1/s1. The number of sulfonamides is 1. The number of hydrogen-bond acceptors (Lipinski definition) is 3. The van der Waals surface area contributed by atoms with E-state index in [1.54, 1.807) is 60.7 Å². The van der Waals surface area contributed by atoms with Gasteiger partial charge in [0.15, 0.2) is 5.78 Å². The third kappa shape index (κ3) is 3.21. The number of aryl methyl sites for hydroxylation is 1. The number of benzene rings is 3. The number of hydrogen-bond donors (Lipinski definition) is 0. The first kappa shape index (κ1) is 18.7. The van der Waals surface area contributed by atoms with Crippen molar-refractivity contribution >= 4 is 33.1 Å². The van der Waals surface area contributed by atoms with Crippen molar-refractivity contribution in [1.82, 2.24) is 0 Å². The highest BCUT2D eigenvalue weighted by Crippen LogP contribution is 2.38. The molecule has 3 aromatic rings. The maximum atomic E-state index is 13.5. The molecule has 6 heteroatoms. The van der Waals surface area contributed by atoms with Crippen molar-refractivity contribution in [3.05, 3.63) is 94.5 Å². The number of Topliss-reactive ketones (excluding diaryl/α,β-unsaturated/α-hetero) is 1. The van der Waals surface area contributed by atoms with E-state index < -0.39 is 16.1 Å². The van der Waals surface area contributed by atoms with Gasteiger partial charge in [-0.2, -0.15) is 0 Å². The third-order valence-electron chi connectivity index (χ3n) is 4.91. The second-order valence-electron chi connectivity index (χ2n) is 6.84. The highest BCUT2D eigenvalue weighted by molar-refractivity contribution is 7.93. The maximum Gasteiger partial charge on any atom is 0.265 e. The van der Waals surface area contributed by atoms with Gasteiger partial charge in [0.1, 0.15) is 6.04 Å². The minimum atomic E-state index is -3.90. The van der Waals surface area contributed by atoms with Crippen LogP contribution in [0.15, 0.2) is 77.7 Å². The summed E-state index contributed by atoms with van der Waals surface area (Å²) >= 11 is 6.04. The van der Waals surface area contributed by atoms with Crippen LogP contribution >= 0.6 is 11.6 Å². The van der Waals surface area contributed by atoms with Crippen LogP contribution in [0.3, 0.4) is 0 Å². The number of fused-ring (bicyclic) bond motifs is 1. The molecule has 0 amide bonds. The number of anilines is 1. The molecule has 3 aromatic carbocycles. The summed E-state index contributed by atoms with van der Waals surface area (Å²) in [7, 11) is -3.90. The van der Waals surface area contributed by atoms with Crippen LogP contribution in [0.4, 0.5) is 5.69 Å². The molecule has 0 saturated heterocycles. The molecule has 0 spiro atoms. The summed E-state index contributed by atoms with van der Waals surface area (Å²) in [5.74, 6) is -0.269. The molecule has 0 unspecified atom stereocenters. The summed E-state index contributed by atoms with van der Waals surface area (Å²) < 4.78 is 28.2. The van der Waals surface area contributed by atoms with Gasteiger partial charge in [-0.3, -0.25) is 9.10 Å². The van der Waals surface area contributed by atoms with E-state index in [-0.39, 0.29) is 10.7 Å². The van der Waals surface area contributed by atoms with Crippen LogP contribution in [-0.4, -0.2) is 20.2 Å². The Balaban J connectivity index is 1.83. The molecule has 1 aliphatic heterocycles. The Morgan fingerprint density at radius 2 is 1.71 bits per heavy atom. The van der Waals surface area contributed by atoms with E-state index in [0.717, 1.165) is 11.1 Å². The Kier molecular flexibility index (Phi) is 4.73. The monoisotopic (exact) mass is 411 g/mol. The zero-order valence-corrected chi connectivity index (χ0v) is 16.7. The van der Waals surface area contributed by atoms with Gasteiger partial charge in [0.05, 0.1) is 10.6 Å². The van der Waals surface area contributed by atoms with Crippen LogP contribution in [0, 0.1) is 6.92 Å².